The van der Waals surface area contributed by atoms with Gasteiger partial charge in [-0.25, -0.2) is 4.39 Å². The number of halogens is 2. The van der Waals surface area contributed by atoms with Crippen LogP contribution in [0.25, 0.3) is 0 Å². The SMILES string of the molecule is Cc1cc(Br)c(F)cc1NC(=O)c1ccncc1. The number of benzene rings is 1. The van der Waals surface area contributed by atoms with Crippen molar-refractivity contribution in [1.82, 2.24) is 4.98 Å². The van der Waals surface area contributed by atoms with Gasteiger partial charge in [-0.15, -0.1) is 0 Å². The van der Waals surface area contributed by atoms with E-state index in [1.165, 1.54) is 18.5 Å². The number of nitrogens with zero attached hydrogens (tertiary/aromatic N) is 1. The molecule has 3 nitrogen and oxygen atoms in total. The quantitative estimate of drug-likeness (QED) is 0.922. The zero-order chi connectivity index (χ0) is 13.1. The number of pyridine rings is 1. The van der Waals surface area contributed by atoms with Crippen LogP contribution in [0.3, 0.4) is 0 Å². The molecule has 0 fully saturated rings. The third-order valence-corrected chi connectivity index (χ3v) is 3.07. The van der Waals surface area contributed by atoms with Crippen LogP contribution in [0.2, 0.25) is 0 Å². The Labute approximate surface area is 112 Å². The Hall–Kier alpha value is -1.75. The van der Waals surface area contributed by atoms with Crippen molar-refractivity contribution in [2.75, 3.05) is 5.32 Å². The summed E-state index contributed by atoms with van der Waals surface area (Å²) in [6.07, 6.45) is 3.06. The zero-order valence-electron chi connectivity index (χ0n) is 9.58. The highest BCUT2D eigenvalue weighted by Crippen LogP contribution is 2.24. The molecule has 0 radical (unpaired) electrons. The molecule has 5 heteroatoms. The third-order valence-electron chi connectivity index (χ3n) is 2.46. The van der Waals surface area contributed by atoms with Gasteiger partial charge in [0.1, 0.15) is 5.82 Å². The standard InChI is InChI=1S/C13H10BrFN2O/c1-8-6-10(14)11(15)7-12(8)17-13(18)9-2-4-16-5-3-9/h2-7H,1H3,(H,17,18). The van der Waals surface area contributed by atoms with Crippen molar-refractivity contribution in [3.8, 4) is 0 Å². The van der Waals surface area contributed by atoms with Crippen LogP contribution in [-0.4, -0.2) is 10.9 Å². The lowest BCUT2D eigenvalue weighted by atomic mass is 10.2. The van der Waals surface area contributed by atoms with Gasteiger partial charge in [0.25, 0.3) is 5.91 Å². The number of rotatable bonds is 2. The Morgan fingerprint density at radius 2 is 2.00 bits per heavy atom. The summed E-state index contributed by atoms with van der Waals surface area (Å²) in [5, 5.41) is 2.67. The number of aromatic nitrogens is 1. The molecule has 0 aliphatic carbocycles. The fraction of sp³-hybridized carbons (Fsp3) is 0.0769. The van der Waals surface area contributed by atoms with Crippen LogP contribution in [-0.2, 0) is 0 Å². The normalized spacial score (nSPS) is 10.2. The molecular formula is C13H10BrFN2O. The second-order valence-electron chi connectivity index (χ2n) is 3.77. The number of nitrogens with one attached hydrogen (secondary N) is 1. The van der Waals surface area contributed by atoms with Crippen molar-refractivity contribution in [3.63, 3.8) is 0 Å². The van der Waals surface area contributed by atoms with Crippen molar-refractivity contribution in [3.05, 3.63) is 58.1 Å². The lowest BCUT2D eigenvalue weighted by Crippen LogP contribution is -2.13. The molecule has 1 heterocycles. The van der Waals surface area contributed by atoms with E-state index in [0.717, 1.165) is 5.56 Å². The summed E-state index contributed by atoms with van der Waals surface area (Å²) in [6.45, 7) is 1.80. The number of carbonyl (C=O) groups is 1. The lowest BCUT2D eigenvalue weighted by molar-refractivity contribution is 0.102. The predicted octanol–water partition coefficient (Wildman–Crippen LogP) is 3.54. The van der Waals surface area contributed by atoms with E-state index < -0.39 is 5.82 Å². The molecule has 1 N–H and O–H groups in total. The van der Waals surface area contributed by atoms with Gasteiger partial charge in [-0.05, 0) is 52.7 Å². The molecule has 0 bridgehead atoms. The lowest BCUT2D eigenvalue weighted by Gasteiger charge is -2.09. The minimum atomic E-state index is -0.411. The predicted molar refractivity (Wildman–Crippen MR) is 71.0 cm³/mol. The molecule has 1 aromatic heterocycles. The van der Waals surface area contributed by atoms with Crippen molar-refractivity contribution in [2.24, 2.45) is 0 Å². The van der Waals surface area contributed by atoms with Crippen LogP contribution >= 0.6 is 15.9 Å². The zero-order valence-corrected chi connectivity index (χ0v) is 11.2. The second-order valence-corrected chi connectivity index (χ2v) is 4.63. The molecule has 0 spiro atoms. The fourth-order valence-corrected chi connectivity index (χ4v) is 1.94. The van der Waals surface area contributed by atoms with Gasteiger partial charge in [0.15, 0.2) is 0 Å². The van der Waals surface area contributed by atoms with Crippen LogP contribution in [0.5, 0.6) is 0 Å². The molecule has 2 aromatic rings. The number of anilines is 1. The van der Waals surface area contributed by atoms with Gasteiger partial charge < -0.3 is 5.32 Å². The van der Waals surface area contributed by atoms with Crippen molar-refractivity contribution in [1.29, 1.82) is 0 Å². The summed E-state index contributed by atoms with van der Waals surface area (Å²) in [5.41, 5.74) is 1.72. The average molecular weight is 309 g/mol. The van der Waals surface area contributed by atoms with Crippen LogP contribution in [0, 0.1) is 12.7 Å². The monoisotopic (exact) mass is 308 g/mol. The summed E-state index contributed by atoms with van der Waals surface area (Å²) in [4.78, 5) is 15.7. The van der Waals surface area contributed by atoms with E-state index in [1.807, 2.05) is 0 Å². The highest BCUT2D eigenvalue weighted by atomic mass is 79.9. The minimum absolute atomic E-state index is 0.290. The number of aryl methyl sites for hydroxylation is 1. The summed E-state index contributed by atoms with van der Waals surface area (Å²) in [6, 6.07) is 6.11. The maximum Gasteiger partial charge on any atom is 0.255 e. The Balaban J connectivity index is 2.25. The van der Waals surface area contributed by atoms with E-state index >= 15 is 0 Å². The van der Waals surface area contributed by atoms with Gasteiger partial charge in [0.2, 0.25) is 0 Å². The molecule has 0 aliphatic heterocycles. The van der Waals surface area contributed by atoms with E-state index in [4.69, 9.17) is 0 Å². The first-order valence-corrected chi connectivity index (χ1v) is 6.04. The van der Waals surface area contributed by atoms with E-state index in [-0.39, 0.29) is 5.91 Å². The molecule has 0 aliphatic rings. The largest absolute Gasteiger partial charge is 0.322 e. The van der Waals surface area contributed by atoms with E-state index in [1.54, 1.807) is 25.1 Å². The van der Waals surface area contributed by atoms with Gasteiger partial charge >= 0.3 is 0 Å². The molecular weight excluding hydrogens is 299 g/mol. The van der Waals surface area contributed by atoms with Crippen molar-refractivity contribution < 1.29 is 9.18 Å². The molecule has 0 saturated heterocycles. The van der Waals surface area contributed by atoms with Crippen LogP contribution < -0.4 is 5.32 Å². The average Bonchev–Trinajstić information content (AvgIpc) is 2.37. The first kappa shape index (κ1) is 12.7. The molecule has 0 unspecified atom stereocenters. The Morgan fingerprint density at radius 3 is 2.67 bits per heavy atom. The van der Waals surface area contributed by atoms with E-state index in [9.17, 15) is 9.18 Å². The van der Waals surface area contributed by atoms with Gasteiger partial charge in [0.05, 0.1) is 4.47 Å². The van der Waals surface area contributed by atoms with Gasteiger partial charge in [-0.2, -0.15) is 0 Å². The number of carbonyl (C=O) groups excluding carboxylic acids is 1. The van der Waals surface area contributed by atoms with Gasteiger partial charge in [-0.1, -0.05) is 0 Å². The summed E-state index contributed by atoms with van der Waals surface area (Å²) >= 11 is 3.10. The highest BCUT2D eigenvalue weighted by molar-refractivity contribution is 9.10. The minimum Gasteiger partial charge on any atom is -0.322 e. The molecule has 2 rings (SSSR count). The van der Waals surface area contributed by atoms with E-state index in [2.05, 4.69) is 26.2 Å². The molecule has 18 heavy (non-hydrogen) atoms. The Bertz CT molecular complexity index is 587. The maximum absolute atomic E-state index is 13.4. The summed E-state index contributed by atoms with van der Waals surface area (Å²) in [7, 11) is 0. The summed E-state index contributed by atoms with van der Waals surface area (Å²) in [5.74, 6) is -0.701. The fourth-order valence-electron chi connectivity index (χ4n) is 1.48. The number of hydrogen-bond acceptors (Lipinski definition) is 2. The topological polar surface area (TPSA) is 42.0 Å². The maximum atomic E-state index is 13.4. The second kappa shape index (κ2) is 5.27. The number of amides is 1. The summed E-state index contributed by atoms with van der Waals surface area (Å²) < 4.78 is 13.8. The molecule has 0 saturated carbocycles. The first-order chi connectivity index (χ1) is 8.58. The van der Waals surface area contributed by atoms with Crippen molar-refractivity contribution in [2.45, 2.75) is 6.92 Å². The Kier molecular flexibility index (Phi) is 3.72. The van der Waals surface area contributed by atoms with Crippen LogP contribution in [0.15, 0.2) is 41.1 Å². The first-order valence-electron chi connectivity index (χ1n) is 5.25. The highest BCUT2D eigenvalue weighted by Gasteiger charge is 2.10. The molecule has 92 valence electrons. The van der Waals surface area contributed by atoms with Crippen molar-refractivity contribution >= 4 is 27.5 Å². The number of hydrogen-bond donors (Lipinski definition) is 1. The molecule has 0 atom stereocenters. The molecule has 1 amide bonds. The van der Waals surface area contributed by atoms with Crippen LogP contribution in [0.4, 0.5) is 10.1 Å². The molecule has 1 aromatic carbocycles. The Morgan fingerprint density at radius 1 is 1.33 bits per heavy atom. The smallest absolute Gasteiger partial charge is 0.255 e. The van der Waals surface area contributed by atoms with Gasteiger partial charge in [0, 0.05) is 23.6 Å². The van der Waals surface area contributed by atoms with Gasteiger partial charge in [-0.3, -0.25) is 9.78 Å². The van der Waals surface area contributed by atoms with E-state index in [0.29, 0.717) is 15.7 Å². The third kappa shape index (κ3) is 2.73. The van der Waals surface area contributed by atoms with Crippen LogP contribution in [0.1, 0.15) is 15.9 Å².